The molecule has 0 heterocycles. The smallest absolute Gasteiger partial charge is 0.185 e. The summed E-state index contributed by atoms with van der Waals surface area (Å²) in [4.78, 5) is 12.2. The Balaban J connectivity index is 1.66. The van der Waals surface area contributed by atoms with Gasteiger partial charge in [0.1, 0.15) is 12.4 Å². The minimum atomic E-state index is -0.0230. The second kappa shape index (κ2) is 9.03. The number of rotatable bonds is 6. The molecule has 0 spiro atoms. The van der Waals surface area contributed by atoms with E-state index in [-0.39, 0.29) is 5.78 Å². The summed E-state index contributed by atoms with van der Waals surface area (Å²) < 4.78 is 6.66. The number of aryl methyl sites for hydroxylation is 1. The van der Waals surface area contributed by atoms with Gasteiger partial charge in [0.15, 0.2) is 5.78 Å². The zero-order valence-electron chi connectivity index (χ0n) is 14.8. The molecule has 3 aromatic carbocycles. The molecule has 0 aliphatic rings. The van der Waals surface area contributed by atoms with Crippen molar-refractivity contribution < 1.29 is 9.53 Å². The van der Waals surface area contributed by atoms with Crippen LogP contribution in [0.4, 0.5) is 0 Å². The molecule has 2 nitrogen and oxygen atoms in total. The lowest BCUT2D eigenvalue weighted by atomic mass is 10.1. The van der Waals surface area contributed by atoms with E-state index < -0.39 is 0 Å². The number of halogens is 2. The molecule has 0 aromatic heterocycles. The van der Waals surface area contributed by atoms with E-state index in [1.807, 2.05) is 73.7 Å². The second-order valence-corrected chi connectivity index (χ2v) is 7.40. The van der Waals surface area contributed by atoms with Gasteiger partial charge in [-0.15, -0.1) is 0 Å². The molecule has 0 saturated carbocycles. The average molecular weight is 442 g/mol. The molecular formula is C23H18BrClO2. The number of ketones is 1. The van der Waals surface area contributed by atoms with Crippen molar-refractivity contribution in [3.05, 3.63) is 105 Å². The van der Waals surface area contributed by atoms with Gasteiger partial charge in [-0.3, -0.25) is 4.79 Å². The van der Waals surface area contributed by atoms with Crippen molar-refractivity contribution >= 4 is 39.4 Å². The predicted molar refractivity (Wildman–Crippen MR) is 114 cm³/mol. The van der Waals surface area contributed by atoms with Gasteiger partial charge in [-0.1, -0.05) is 71.8 Å². The van der Waals surface area contributed by atoms with Crippen molar-refractivity contribution in [1.82, 2.24) is 0 Å². The lowest BCUT2D eigenvalue weighted by Crippen LogP contribution is -1.97. The molecule has 0 bridgehead atoms. The van der Waals surface area contributed by atoms with Crippen LogP contribution in [-0.2, 0) is 6.61 Å². The monoisotopic (exact) mass is 440 g/mol. The molecule has 27 heavy (non-hydrogen) atoms. The Bertz CT molecular complexity index is 978. The van der Waals surface area contributed by atoms with Crippen molar-refractivity contribution in [1.29, 1.82) is 0 Å². The number of benzene rings is 3. The van der Waals surface area contributed by atoms with Crippen molar-refractivity contribution in [2.45, 2.75) is 13.5 Å². The van der Waals surface area contributed by atoms with E-state index in [2.05, 4.69) is 15.9 Å². The van der Waals surface area contributed by atoms with Crippen LogP contribution in [0.3, 0.4) is 0 Å². The Kier molecular flexibility index (Phi) is 6.49. The average Bonchev–Trinajstić information content (AvgIpc) is 2.67. The molecule has 136 valence electrons. The third kappa shape index (κ3) is 5.31. The zero-order valence-corrected chi connectivity index (χ0v) is 17.1. The number of carbonyl (C=O) groups is 1. The van der Waals surface area contributed by atoms with E-state index in [1.54, 1.807) is 12.2 Å². The van der Waals surface area contributed by atoms with Crippen LogP contribution in [0.1, 0.15) is 27.0 Å². The number of carbonyl (C=O) groups excluding carboxylic acids is 1. The first-order valence-corrected chi connectivity index (χ1v) is 9.65. The van der Waals surface area contributed by atoms with Crippen LogP contribution in [0.2, 0.25) is 5.02 Å². The highest BCUT2D eigenvalue weighted by Crippen LogP contribution is 2.28. The SMILES string of the molecule is Cc1ccc(C(=O)/C=C/c2ccc(OCc3ccccc3Cl)c(Br)c2)cc1. The molecule has 0 saturated heterocycles. The Morgan fingerprint density at radius 2 is 1.81 bits per heavy atom. The first kappa shape index (κ1) is 19.4. The van der Waals surface area contributed by atoms with E-state index in [0.717, 1.165) is 26.9 Å². The first-order valence-electron chi connectivity index (χ1n) is 8.48. The highest BCUT2D eigenvalue weighted by molar-refractivity contribution is 9.10. The van der Waals surface area contributed by atoms with Crippen LogP contribution in [0.5, 0.6) is 5.75 Å². The van der Waals surface area contributed by atoms with Crippen molar-refractivity contribution in [3.8, 4) is 5.75 Å². The molecule has 0 N–H and O–H groups in total. The Morgan fingerprint density at radius 3 is 2.52 bits per heavy atom. The molecule has 3 aromatic rings. The standard InChI is InChI=1S/C23H18BrClO2/c1-16-6-10-18(11-7-16)22(26)12-8-17-9-13-23(20(24)14-17)27-15-19-4-2-3-5-21(19)25/h2-14H,15H2,1H3/b12-8+. The van der Waals surface area contributed by atoms with Crippen LogP contribution >= 0.6 is 27.5 Å². The van der Waals surface area contributed by atoms with Crippen LogP contribution in [0, 0.1) is 6.92 Å². The fraction of sp³-hybridized carbons (Fsp3) is 0.0870. The molecule has 3 rings (SSSR count). The molecule has 0 aliphatic heterocycles. The number of ether oxygens (including phenoxy) is 1. The minimum absolute atomic E-state index is 0.0230. The Morgan fingerprint density at radius 1 is 1.07 bits per heavy atom. The van der Waals surface area contributed by atoms with Gasteiger partial charge in [0.25, 0.3) is 0 Å². The summed E-state index contributed by atoms with van der Waals surface area (Å²) in [6.07, 6.45) is 3.38. The molecule has 0 radical (unpaired) electrons. The highest BCUT2D eigenvalue weighted by atomic mass is 79.9. The largest absolute Gasteiger partial charge is 0.488 e. The molecule has 4 heteroatoms. The van der Waals surface area contributed by atoms with Crippen LogP contribution in [0.25, 0.3) is 6.08 Å². The Hall–Kier alpha value is -2.36. The van der Waals surface area contributed by atoms with Crippen LogP contribution in [0.15, 0.2) is 77.3 Å². The summed E-state index contributed by atoms with van der Waals surface area (Å²) in [7, 11) is 0. The van der Waals surface area contributed by atoms with E-state index in [4.69, 9.17) is 16.3 Å². The Labute approximate surface area is 172 Å². The number of allylic oxidation sites excluding steroid dienone is 1. The lowest BCUT2D eigenvalue weighted by Gasteiger charge is -2.10. The van der Waals surface area contributed by atoms with Crippen LogP contribution < -0.4 is 4.74 Å². The summed E-state index contributed by atoms with van der Waals surface area (Å²) >= 11 is 9.68. The lowest BCUT2D eigenvalue weighted by molar-refractivity contribution is 0.104. The zero-order chi connectivity index (χ0) is 19.2. The first-order chi connectivity index (χ1) is 13.0. The van der Waals surface area contributed by atoms with Crippen molar-refractivity contribution in [2.24, 2.45) is 0 Å². The number of hydrogen-bond acceptors (Lipinski definition) is 2. The normalized spacial score (nSPS) is 10.9. The van der Waals surface area contributed by atoms with E-state index in [1.165, 1.54) is 0 Å². The van der Waals surface area contributed by atoms with Crippen molar-refractivity contribution in [3.63, 3.8) is 0 Å². The fourth-order valence-electron chi connectivity index (χ4n) is 2.49. The van der Waals surface area contributed by atoms with E-state index in [0.29, 0.717) is 17.2 Å². The summed E-state index contributed by atoms with van der Waals surface area (Å²) in [5, 5.41) is 0.683. The van der Waals surface area contributed by atoms with Gasteiger partial charge in [-0.2, -0.15) is 0 Å². The summed E-state index contributed by atoms with van der Waals surface area (Å²) in [5.41, 5.74) is 3.65. The predicted octanol–water partition coefficient (Wildman–Crippen LogP) is 6.89. The molecule has 0 amide bonds. The van der Waals surface area contributed by atoms with Gasteiger partial charge in [0.2, 0.25) is 0 Å². The molecule has 0 unspecified atom stereocenters. The van der Waals surface area contributed by atoms with Crippen LogP contribution in [-0.4, -0.2) is 5.78 Å². The quantitative estimate of drug-likeness (QED) is 0.308. The summed E-state index contributed by atoms with van der Waals surface area (Å²) in [5.74, 6) is 0.696. The van der Waals surface area contributed by atoms with Crippen molar-refractivity contribution in [2.75, 3.05) is 0 Å². The highest BCUT2D eigenvalue weighted by Gasteiger charge is 2.05. The minimum Gasteiger partial charge on any atom is -0.488 e. The topological polar surface area (TPSA) is 26.3 Å². The van der Waals surface area contributed by atoms with E-state index >= 15 is 0 Å². The fourth-order valence-corrected chi connectivity index (χ4v) is 3.20. The second-order valence-electron chi connectivity index (χ2n) is 6.13. The summed E-state index contributed by atoms with van der Waals surface area (Å²) in [6.45, 7) is 2.39. The summed E-state index contributed by atoms with van der Waals surface area (Å²) in [6, 6.07) is 20.8. The van der Waals surface area contributed by atoms with Gasteiger partial charge in [-0.25, -0.2) is 0 Å². The maximum Gasteiger partial charge on any atom is 0.185 e. The number of hydrogen-bond donors (Lipinski definition) is 0. The maximum absolute atomic E-state index is 12.2. The molecule has 0 fully saturated rings. The third-order valence-electron chi connectivity index (χ3n) is 4.06. The van der Waals surface area contributed by atoms with Gasteiger partial charge in [0.05, 0.1) is 4.47 Å². The molecule has 0 atom stereocenters. The molecular weight excluding hydrogens is 424 g/mol. The van der Waals surface area contributed by atoms with Gasteiger partial charge < -0.3 is 4.74 Å². The van der Waals surface area contributed by atoms with E-state index in [9.17, 15) is 4.79 Å². The van der Waals surface area contributed by atoms with Gasteiger partial charge in [0, 0.05) is 16.1 Å². The maximum atomic E-state index is 12.2. The van der Waals surface area contributed by atoms with Gasteiger partial charge in [-0.05, 0) is 52.7 Å². The third-order valence-corrected chi connectivity index (χ3v) is 5.05. The molecule has 0 aliphatic carbocycles. The van der Waals surface area contributed by atoms with Gasteiger partial charge >= 0.3 is 0 Å².